The predicted molar refractivity (Wildman–Crippen MR) is 52.8 cm³/mol. The fourth-order valence-electron chi connectivity index (χ4n) is 2.01. The van der Waals surface area contributed by atoms with Gasteiger partial charge in [-0.2, -0.15) is 0 Å². The Balaban J connectivity index is 1.59. The predicted octanol–water partition coefficient (Wildman–Crippen LogP) is 3.41. The van der Waals surface area contributed by atoms with Crippen LogP contribution in [0.2, 0.25) is 0 Å². The van der Waals surface area contributed by atoms with Crippen LogP contribution in [0.5, 0.6) is 0 Å². The Morgan fingerprint density at radius 3 is 2.55 bits per heavy atom. The highest BCUT2D eigenvalue weighted by molar-refractivity contribution is 7.38. The van der Waals surface area contributed by atoms with E-state index in [1.807, 2.05) is 0 Å². The lowest BCUT2D eigenvalue weighted by Gasteiger charge is -2.21. The molecule has 64 valence electrons. The zero-order valence-corrected chi connectivity index (χ0v) is 8.31. The Morgan fingerprint density at radius 1 is 1.00 bits per heavy atom. The van der Waals surface area contributed by atoms with Crippen LogP contribution in [0.1, 0.15) is 44.9 Å². The fourth-order valence-corrected chi connectivity index (χ4v) is 3.66. The van der Waals surface area contributed by atoms with Crippen molar-refractivity contribution in [2.24, 2.45) is 5.92 Å². The van der Waals surface area contributed by atoms with E-state index in [1.165, 1.54) is 27.3 Å². The normalized spacial score (nSPS) is 34.4. The molecule has 0 bridgehead atoms. The average molecular weight is 170 g/mol. The maximum atomic E-state index is 1.57. The Kier molecular flexibility index (Phi) is 2.85. The first kappa shape index (κ1) is 8.05. The SMILES string of the molecule is C1CCC(CCC2CC2)PC1. The molecule has 0 N–H and O–H groups in total. The third kappa shape index (κ3) is 2.75. The molecule has 1 saturated heterocycles. The van der Waals surface area contributed by atoms with Crippen molar-refractivity contribution in [3.05, 3.63) is 0 Å². The summed E-state index contributed by atoms with van der Waals surface area (Å²) in [7, 11) is 1.32. The second-order valence-electron chi connectivity index (χ2n) is 4.17. The molecule has 0 radical (unpaired) electrons. The number of hydrogen-bond acceptors (Lipinski definition) is 0. The molecule has 1 heteroatoms. The van der Waals surface area contributed by atoms with Crippen molar-refractivity contribution in [3.8, 4) is 0 Å². The zero-order valence-electron chi connectivity index (χ0n) is 7.31. The first-order valence-electron chi connectivity index (χ1n) is 5.18. The van der Waals surface area contributed by atoms with Crippen LogP contribution in [0.4, 0.5) is 0 Å². The summed E-state index contributed by atoms with van der Waals surface area (Å²) in [5.74, 6) is 1.17. The summed E-state index contributed by atoms with van der Waals surface area (Å²) in [5.41, 5.74) is 1.16. The van der Waals surface area contributed by atoms with Gasteiger partial charge in [-0.3, -0.25) is 0 Å². The Morgan fingerprint density at radius 2 is 1.91 bits per heavy atom. The second kappa shape index (κ2) is 3.90. The number of rotatable bonds is 3. The fraction of sp³-hybridized carbons (Fsp3) is 1.00. The molecule has 1 aliphatic heterocycles. The van der Waals surface area contributed by atoms with Crippen molar-refractivity contribution in [3.63, 3.8) is 0 Å². The van der Waals surface area contributed by atoms with Crippen molar-refractivity contribution in [2.45, 2.75) is 50.6 Å². The van der Waals surface area contributed by atoms with Crippen molar-refractivity contribution < 1.29 is 0 Å². The van der Waals surface area contributed by atoms with Crippen LogP contribution in [-0.2, 0) is 0 Å². The van der Waals surface area contributed by atoms with Crippen LogP contribution in [0.3, 0.4) is 0 Å². The van der Waals surface area contributed by atoms with E-state index in [9.17, 15) is 0 Å². The highest BCUT2D eigenvalue weighted by Gasteiger charge is 2.22. The van der Waals surface area contributed by atoms with Gasteiger partial charge in [0.15, 0.2) is 0 Å². The second-order valence-corrected chi connectivity index (χ2v) is 5.89. The number of hydrogen-bond donors (Lipinski definition) is 0. The molecule has 1 aliphatic carbocycles. The van der Waals surface area contributed by atoms with E-state index in [2.05, 4.69) is 0 Å². The lowest BCUT2D eigenvalue weighted by Crippen LogP contribution is -2.07. The maximum absolute atomic E-state index is 1.57. The lowest BCUT2D eigenvalue weighted by molar-refractivity contribution is 0.576. The van der Waals surface area contributed by atoms with E-state index in [4.69, 9.17) is 0 Å². The third-order valence-corrected chi connectivity index (χ3v) is 4.83. The van der Waals surface area contributed by atoms with Gasteiger partial charge in [-0.1, -0.05) is 19.3 Å². The van der Waals surface area contributed by atoms with Gasteiger partial charge in [0, 0.05) is 0 Å². The van der Waals surface area contributed by atoms with Crippen molar-refractivity contribution >= 4 is 8.58 Å². The maximum Gasteiger partial charge on any atom is -0.0237 e. The van der Waals surface area contributed by atoms with Gasteiger partial charge in [-0.15, -0.1) is 8.58 Å². The smallest absolute Gasteiger partial charge is 0.0237 e. The van der Waals surface area contributed by atoms with E-state index < -0.39 is 0 Å². The summed E-state index contributed by atoms with van der Waals surface area (Å²) < 4.78 is 0. The molecule has 0 aromatic carbocycles. The summed E-state index contributed by atoms with van der Waals surface area (Å²) >= 11 is 0. The summed E-state index contributed by atoms with van der Waals surface area (Å²) in [5, 5.41) is 0. The van der Waals surface area contributed by atoms with Crippen molar-refractivity contribution in [2.75, 3.05) is 6.16 Å². The minimum Gasteiger partial charge on any atom is -0.119 e. The molecule has 0 aromatic rings. The first-order valence-corrected chi connectivity index (χ1v) is 6.47. The van der Waals surface area contributed by atoms with Crippen LogP contribution in [0.15, 0.2) is 0 Å². The van der Waals surface area contributed by atoms with Gasteiger partial charge in [0.1, 0.15) is 0 Å². The molecular weight excluding hydrogens is 151 g/mol. The standard InChI is InChI=1S/C10H19P/c1-2-8-11-10(3-1)7-6-9-4-5-9/h9-11H,1-8H2. The van der Waals surface area contributed by atoms with Gasteiger partial charge in [0.25, 0.3) is 0 Å². The Bertz CT molecular complexity index is 112. The lowest BCUT2D eigenvalue weighted by atomic mass is 10.1. The molecule has 0 amide bonds. The monoisotopic (exact) mass is 170 g/mol. The summed E-state index contributed by atoms with van der Waals surface area (Å²) in [6.07, 6.45) is 12.4. The van der Waals surface area contributed by atoms with E-state index in [-0.39, 0.29) is 0 Å². The third-order valence-electron chi connectivity index (χ3n) is 3.03. The summed E-state index contributed by atoms with van der Waals surface area (Å²) in [4.78, 5) is 0. The van der Waals surface area contributed by atoms with E-state index >= 15 is 0 Å². The molecule has 0 aromatic heterocycles. The Hall–Kier alpha value is 0.430. The molecule has 0 spiro atoms. The van der Waals surface area contributed by atoms with Crippen LogP contribution in [0, 0.1) is 5.92 Å². The average Bonchev–Trinajstić information content (AvgIpc) is 2.86. The molecule has 2 fully saturated rings. The van der Waals surface area contributed by atoms with Crippen LogP contribution < -0.4 is 0 Å². The topological polar surface area (TPSA) is 0 Å². The molecule has 2 atom stereocenters. The summed E-state index contributed by atoms with van der Waals surface area (Å²) in [6, 6.07) is 0. The van der Waals surface area contributed by atoms with Crippen LogP contribution >= 0.6 is 8.58 Å². The molecule has 2 rings (SSSR count). The van der Waals surface area contributed by atoms with Crippen molar-refractivity contribution in [1.29, 1.82) is 0 Å². The highest BCUT2D eigenvalue weighted by atomic mass is 31.1. The van der Waals surface area contributed by atoms with Gasteiger partial charge < -0.3 is 0 Å². The Labute approximate surface area is 71.9 Å². The zero-order chi connectivity index (χ0) is 7.52. The molecule has 0 nitrogen and oxygen atoms in total. The quantitative estimate of drug-likeness (QED) is 0.569. The molecule has 1 saturated carbocycles. The van der Waals surface area contributed by atoms with Gasteiger partial charge in [0.05, 0.1) is 0 Å². The molecule has 2 unspecified atom stereocenters. The van der Waals surface area contributed by atoms with Gasteiger partial charge >= 0.3 is 0 Å². The summed E-state index contributed by atoms with van der Waals surface area (Å²) in [6.45, 7) is 0. The highest BCUT2D eigenvalue weighted by Crippen LogP contribution is 2.39. The van der Waals surface area contributed by atoms with E-state index in [1.54, 1.807) is 38.3 Å². The first-order chi connectivity index (χ1) is 5.45. The van der Waals surface area contributed by atoms with E-state index in [0.29, 0.717) is 0 Å². The largest absolute Gasteiger partial charge is 0.119 e. The van der Waals surface area contributed by atoms with Crippen LogP contribution in [-0.4, -0.2) is 11.8 Å². The molecule has 1 heterocycles. The minimum atomic E-state index is 1.16. The van der Waals surface area contributed by atoms with Crippen LogP contribution in [0.25, 0.3) is 0 Å². The molecule has 11 heavy (non-hydrogen) atoms. The molecule has 2 aliphatic rings. The van der Waals surface area contributed by atoms with Gasteiger partial charge in [-0.25, -0.2) is 0 Å². The van der Waals surface area contributed by atoms with Gasteiger partial charge in [0.2, 0.25) is 0 Å². The van der Waals surface area contributed by atoms with Crippen molar-refractivity contribution in [1.82, 2.24) is 0 Å². The van der Waals surface area contributed by atoms with Gasteiger partial charge in [-0.05, 0) is 43.4 Å². The van der Waals surface area contributed by atoms with E-state index in [0.717, 1.165) is 5.66 Å². The minimum absolute atomic E-state index is 1.16. The molecular formula is C10H19P.